The zero-order valence-corrected chi connectivity index (χ0v) is 33.2. The molecule has 3 aromatic rings. The average molecular weight is 769 g/mol. The summed E-state index contributed by atoms with van der Waals surface area (Å²) in [7, 11) is 0. The van der Waals surface area contributed by atoms with Crippen LogP contribution < -0.4 is 16.1 Å². The summed E-state index contributed by atoms with van der Waals surface area (Å²) < 4.78 is 13.6. The van der Waals surface area contributed by atoms with Crippen LogP contribution in [0.25, 0.3) is 11.1 Å². The number of unbranched alkanes of at least 4 members (excludes halogenated alkanes) is 1. The summed E-state index contributed by atoms with van der Waals surface area (Å²) in [6.45, 7) is 7.15. The van der Waals surface area contributed by atoms with Gasteiger partial charge in [0.2, 0.25) is 17.7 Å². The summed E-state index contributed by atoms with van der Waals surface area (Å²) in [5, 5.41) is 24.6. The van der Waals surface area contributed by atoms with Crippen molar-refractivity contribution in [1.29, 1.82) is 0 Å². The van der Waals surface area contributed by atoms with Gasteiger partial charge in [-0.2, -0.15) is 0 Å². The summed E-state index contributed by atoms with van der Waals surface area (Å²) >= 11 is 0. The molecule has 2 aliphatic heterocycles. The average Bonchev–Trinajstić information content (AvgIpc) is 3.21. The number of benzene rings is 3. The van der Waals surface area contributed by atoms with Gasteiger partial charge in [0.15, 0.2) is 6.29 Å². The predicted molar refractivity (Wildman–Crippen MR) is 214 cm³/mol. The van der Waals surface area contributed by atoms with E-state index in [-0.39, 0.29) is 48.6 Å². The first-order chi connectivity index (χ1) is 27.0. The van der Waals surface area contributed by atoms with Crippen LogP contribution >= 0.6 is 0 Å². The van der Waals surface area contributed by atoms with Crippen LogP contribution in [0.5, 0.6) is 0 Å². The molecule has 0 unspecified atom stereocenters. The maximum atomic E-state index is 13.8. The number of carbonyl (C=O) groups is 3. The first-order valence-electron chi connectivity index (χ1n) is 20.5. The van der Waals surface area contributed by atoms with Gasteiger partial charge in [-0.1, -0.05) is 79.6 Å². The Kier molecular flexibility index (Phi) is 14.3. The van der Waals surface area contributed by atoms with Crippen molar-refractivity contribution < 1.29 is 34.2 Å². The third kappa shape index (κ3) is 11.3. The van der Waals surface area contributed by atoms with Crippen molar-refractivity contribution in [2.45, 2.75) is 141 Å². The third-order valence-electron chi connectivity index (χ3n) is 11.5. The Labute approximate surface area is 331 Å². The lowest BCUT2D eigenvalue weighted by atomic mass is 9.75. The molecule has 5 N–H and O–H groups in total. The number of aliphatic hydroxyl groups is 1. The van der Waals surface area contributed by atoms with E-state index >= 15 is 0 Å². The fraction of sp³-hybridized carbons (Fsp3) is 0.533. The fourth-order valence-electron chi connectivity index (χ4n) is 8.61. The number of hydroxylamine groups is 1. The van der Waals surface area contributed by atoms with E-state index in [1.165, 1.54) is 19.3 Å². The van der Waals surface area contributed by atoms with Gasteiger partial charge in [-0.3, -0.25) is 24.5 Å². The monoisotopic (exact) mass is 768 g/mol. The van der Waals surface area contributed by atoms with Gasteiger partial charge in [0.25, 0.3) is 0 Å². The molecule has 0 radical (unpaired) electrons. The number of hydrogen-bond donors (Lipinski definition) is 5. The van der Waals surface area contributed by atoms with Gasteiger partial charge in [0.1, 0.15) is 0 Å². The molecule has 2 saturated heterocycles. The van der Waals surface area contributed by atoms with E-state index in [9.17, 15) is 19.5 Å². The molecule has 6 atom stereocenters. The van der Waals surface area contributed by atoms with E-state index in [4.69, 9.17) is 14.7 Å². The standard InChI is InChI=1S/C45H60N4O7/c1-45(2,3)47-43(53)39-24-23-33-10-4-5-12-38(33)49(39)28-37-26-40(34-17-15-30(29-50)16-18-34)56-44(55-37)35-21-19-32(20-22-35)36-11-8-9-31(25-36)27-46-41(51)13-6-7-14-42(52)48-54/h8-9,11,15-22,25,33,37-40,44,50,54H,4-7,10,12-14,23-24,26-29H2,1-3H3,(H,46,51)(H,47,53)(H,48,52)/t33-,37-,38-,39-,40+,44+/m1/s1. The number of piperidine rings is 1. The van der Waals surface area contributed by atoms with Crippen molar-refractivity contribution in [1.82, 2.24) is 21.0 Å². The van der Waals surface area contributed by atoms with Crippen LogP contribution in [0.3, 0.4) is 0 Å². The summed E-state index contributed by atoms with van der Waals surface area (Å²) in [6, 6.07) is 24.4. The van der Waals surface area contributed by atoms with E-state index in [0.717, 1.165) is 52.6 Å². The van der Waals surface area contributed by atoms with Gasteiger partial charge in [0, 0.05) is 49.5 Å². The van der Waals surface area contributed by atoms with Crippen LogP contribution in [0.4, 0.5) is 0 Å². The lowest BCUT2D eigenvalue weighted by Crippen LogP contribution is -2.61. The maximum absolute atomic E-state index is 13.8. The number of ether oxygens (including phenoxy) is 2. The highest BCUT2D eigenvalue weighted by Gasteiger charge is 2.44. The van der Waals surface area contributed by atoms with Crippen molar-refractivity contribution in [2.75, 3.05) is 6.54 Å². The van der Waals surface area contributed by atoms with Gasteiger partial charge in [-0.15, -0.1) is 0 Å². The molecule has 6 rings (SSSR count). The number of likely N-dealkylation sites (tertiary alicyclic amines) is 1. The first kappa shape index (κ1) is 41.5. The van der Waals surface area contributed by atoms with Crippen molar-refractivity contribution in [3.8, 4) is 11.1 Å². The lowest BCUT2D eigenvalue weighted by molar-refractivity contribution is -0.255. The molecule has 2 heterocycles. The van der Waals surface area contributed by atoms with Gasteiger partial charge in [-0.05, 0) is 99.1 Å². The summed E-state index contributed by atoms with van der Waals surface area (Å²) in [5.41, 5.74) is 7.11. The molecule has 11 nitrogen and oxygen atoms in total. The van der Waals surface area contributed by atoms with Gasteiger partial charge in [0.05, 0.1) is 24.9 Å². The summed E-state index contributed by atoms with van der Waals surface area (Å²) in [5.74, 6) is 0.168. The van der Waals surface area contributed by atoms with E-state index in [0.29, 0.717) is 50.7 Å². The van der Waals surface area contributed by atoms with Gasteiger partial charge in [-0.25, -0.2) is 5.48 Å². The minimum Gasteiger partial charge on any atom is -0.392 e. The molecule has 0 spiro atoms. The largest absolute Gasteiger partial charge is 0.392 e. The number of nitrogens with zero attached hydrogens (tertiary/aromatic N) is 1. The number of aliphatic hydroxyl groups excluding tert-OH is 1. The van der Waals surface area contributed by atoms with Crippen LogP contribution in [0.2, 0.25) is 0 Å². The van der Waals surface area contributed by atoms with Crippen LogP contribution in [0, 0.1) is 5.92 Å². The van der Waals surface area contributed by atoms with E-state index in [1.54, 1.807) is 5.48 Å². The minimum atomic E-state index is -0.612. The second kappa shape index (κ2) is 19.3. The number of amides is 3. The molecule has 1 aliphatic carbocycles. The van der Waals surface area contributed by atoms with Gasteiger partial charge < -0.3 is 25.2 Å². The Morgan fingerprint density at radius 2 is 1.52 bits per heavy atom. The predicted octanol–water partition coefficient (Wildman–Crippen LogP) is 7.01. The molecule has 3 amide bonds. The zero-order chi connectivity index (χ0) is 39.7. The maximum Gasteiger partial charge on any atom is 0.243 e. The van der Waals surface area contributed by atoms with Crippen LogP contribution in [-0.2, 0) is 37.0 Å². The molecule has 3 aromatic carbocycles. The topological polar surface area (TPSA) is 149 Å². The molecule has 0 aromatic heterocycles. The molecular weight excluding hydrogens is 709 g/mol. The fourth-order valence-corrected chi connectivity index (χ4v) is 8.61. The molecule has 56 heavy (non-hydrogen) atoms. The Hall–Kier alpha value is -4.13. The van der Waals surface area contributed by atoms with Crippen LogP contribution in [-0.4, -0.2) is 63.2 Å². The number of carbonyl (C=O) groups excluding carboxylic acids is 3. The van der Waals surface area contributed by atoms with Crippen LogP contribution in [0.15, 0.2) is 72.8 Å². The molecule has 11 heteroatoms. The molecule has 1 saturated carbocycles. The summed E-state index contributed by atoms with van der Waals surface area (Å²) in [4.78, 5) is 39.9. The Morgan fingerprint density at radius 3 is 2.23 bits per heavy atom. The molecular formula is C45H60N4O7. The molecule has 3 fully saturated rings. The summed E-state index contributed by atoms with van der Waals surface area (Å²) in [6.07, 6.45) is 7.90. The highest BCUT2D eigenvalue weighted by molar-refractivity contribution is 5.82. The van der Waals surface area contributed by atoms with Crippen molar-refractivity contribution >= 4 is 17.7 Å². The SMILES string of the molecule is CC(C)(C)NC(=O)[C@H]1CC[C@H]2CCCC[C@H]2N1C[C@H]1C[C@@H](c2ccc(CO)cc2)O[C@@H](c2ccc(-c3cccc(CNC(=O)CCCCC(=O)NO)c3)cc2)O1. The van der Waals surface area contributed by atoms with E-state index < -0.39 is 12.2 Å². The number of hydrogen-bond acceptors (Lipinski definition) is 8. The molecule has 302 valence electrons. The number of rotatable bonds is 14. The highest BCUT2D eigenvalue weighted by Crippen LogP contribution is 2.42. The van der Waals surface area contributed by atoms with E-state index in [1.807, 2.05) is 63.2 Å². The normalized spacial score (nSPS) is 24.2. The van der Waals surface area contributed by atoms with E-state index in [2.05, 4.69) is 45.9 Å². The lowest BCUT2D eigenvalue weighted by Gasteiger charge is -2.50. The van der Waals surface area contributed by atoms with Crippen LogP contribution in [0.1, 0.15) is 126 Å². The number of nitrogens with one attached hydrogen (secondary N) is 3. The second-order valence-corrected chi connectivity index (χ2v) is 16.8. The Balaban J connectivity index is 1.17. The first-order valence-corrected chi connectivity index (χ1v) is 20.5. The van der Waals surface area contributed by atoms with Crippen molar-refractivity contribution in [2.24, 2.45) is 5.92 Å². The third-order valence-corrected chi connectivity index (χ3v) is 11.5. The second-order valence-electron chi connectivity index (χ2n) is 16.8. The Morgan fingerprint density at radius 1 is 0.804 bits per heavy atom. The highest BCUT2D eigenvalue weighted by atomic mass is 16.7. The number of fused-ring (bicyclic) bond motifs is 1. The zero-order valence-electron chi connectivity index (χ0n) is 33.2. The quantitative estimate of drug-likeness (QED) is 0.0669. The van der Waals surface area contributed by atoms with Crippen molar-refractivity contribution in [3.63, 3.8) is 0 Å². The van der Waals surface area contributed by atoms with Gasteiger partial charge >= 0.3 is 0 Å². The minimum absolute atomic E-state index is 0.0192. The molecule has 3 aliphatic rings. The Bertz CT molecular complexity index is 1760. The molecule has 0 bridgehead atoms. The smallest absolute Gasteiger partial charge is 0.243 e. The van der Waals surface area contributed by atoms with Crippen molar-refractivity contribution in [3.05, 3.63) is 95.1 Å².